The highest BCUT2D eigenvalue weighted by Gasteiger charge is 2.14. The van der Waals surface area contributed by atoms with Crippen LogP contribution in [0.2, 0.25) is 0 Å². The maximum atomic E-state index is 11.8. The van der Waals surface area contributed by atoms with E-state index in [4.69, 9.17) is 5.26 Å². The van der Waals surface area contributed by atoms with Gasteiger partial charge in [-0.15, -0.1) is 0 Å². The van der Waals surface area contributed by atoms with Gasteiger partial charge in [-0.05, 0) is 37.1 Å². The first kappa shape index (κ1) is 10.4. The van der Waals surface area contributed by atoms with Crippen molar-refractivity contribution in [2.24, 2.45) is 0 Å². The lowest BCUT2D eigenvalue weighted by Gasteiger charge is -2.11. The number of carbonyl (C=O) groups excluding carboxylic acids is 1. The summed E-state index contributed by atoms with van der Waals surface area (Å²) in [6.45, 7) is 0. The van der Waals surface area contributed by atoms with Crippen molar-refractivity contribution in [2.45, 2.75) is 18.9 Å². The summed E-state index contributed by atoms with van der Waals surface area (Å²) in [7, 11) is 0. The summed E-state index contributed by atoms with van der Waals surface area (Å²) < 4.78 is 0. The maximum absolute atomic E-state index is 11.8. The number of carbonyl (C=O) groups is 1. The first-order chi connectivity index (χ1) is 7.79. The van der Waals surface area contributed by atoms with Crippen molar-refractivity contribution in [3.05, 3.63) is 47.5 Å². The highest BCUT2D eigenvalue weighted by atomic mass is 16.1. The highest BCUT2D eigenvalue weighted by Crippen LogP contribution is 2.10. The zero-order chi connectivity index (χ0) is 11.4. The summed E-state index contributed by atoms with van der Waals surface area (Å²) in [5, 5.41) is 11.6. The van der Waals surface area contributed by atoms with E-state index in [2.05, 4.69) is 17.5 Å². The van der Waals surface area contributed by atoms with Crippen LogP contribution < -0.4 is 5.32 Å². The molecular formula is C13H12N2O. The molecule has 0 saturated carbocycles. The van der Waals surface area contributed by atoms with Crippen LogP contribution >= 0.6 is 0 Å². The van der Waals surface area contributed by atoms with Gasteiger partial charge in [0.25, 0.3) is 5.91 Å². The fourth-order valence-electron chi connectivity index (χ4n) is 1.70. The van der Waals surface area contributed by atoms with Crippen LogP contribution in [0, 0.1) is 11.3 Å². The van der Waals surface area contributed by atoms with Gasteiger partial charge in [-0.25, -0.2) is 0 Å². The van der Waals surface area contributed by atoms with Crippen LogP contribution in [0.25, 0.3) is 0 Å². The second kappa shape index (κ2) is 4.63. The molecule has 1 aromatic rings. The number of amides is 1. The molecule has 0 bridgehead atoms. The lowest BCUT2D eigenvalue weighted by atomic mass is 10.1. The predicted molar refractivity (Wildman–Crippen MR) is 60.8 cm³/mol. The minimum Gasteiger partial charge on any atom is -0.349 e. The van der Waals surface area contributed by atoms with Gasteiger partial charge in [0.15, 0.2) is 0 Å². The van der Waals surface area contributed by atoms with Gasteiger partial charge >= 0.3 is 0 Å². The number of nitriles is 1. The number of hydrogen-bond acceptors (Lipinski definition) is 2. The van der Waals surface area contributed by atoms with E-state index in [1.807, 2.05) is 6.07 Å². The van der Waals surface area contributed by atoms with E-state index in [0.717, 1.165) is 12.8 Å². The number of hydrogen-bond donors (Lipinski definition) is 1. The first-order valence-corrected chi connectivity index (χ1v) is 5.25. The normalized spacial score (nSPS) is 14.7. The molecule has 0 atom stereocenters. The maximum Gasteiger partial charge on any atom is 0.251 e. The van der Waals surface area contributed by atoms with E-state index >= 15 is 0 Å². The van der Waals surface area contributed by atoms with Crippen molar-refractivity contribution in [1.29, 1.82) is 5.26 Å². The quantitative estimate of drug-likeness (QED) is 0.762. The Bertz CT molecular complexity index is 446. The number of benzene rings is 1. The molecule has 0 saturated heterocycles. The monoisotopic (exact) mass is 212 g/mol. The van der Waals surface area contributed by atoms with Gasteiger partial charge in [-0.3, -0.25) is 4.79 Å². The largest absolute Gasteiger partial charge is 0.349 e. The summed E-state index contributed by atoms with van der Waals surface area (Å²) in [5.41, 5.74) is 1.17. The van der Waals surface area contributed by atoms with E-state index in [1.54, 1.807) is 24.3 Å². The van der Waals surface area contributed by atoms with E-state index in [0.29, 0.717) is 11.1 Å². The van der Waals surface area contributed by atoms with Gasteiger partial charge in [0, 0.05) is 11.6 Å². The second-order valence-corrected chi connectivity index (χ2v) is 3.80. The molecule has 0 fully saturated rings. The zero-order valence-electron chi connectivity index (χ0n) is 8.81. The van der Waals surface area contributed by atoms with Crippen LogP contribution in [0.5, 0.6) is 0 Å². The van der Waals surface area contributed by atoms with Crippen LogP contribution in [0.15, 0.2) is 36.4 Å². The topological polar surface area (TPSA) is 52.9 Å². The predicted octanol–water partition coefficient (Wildman–Crippen LogP) is 2.01. The van der Waals surface area contributed by atoms with Gasteiger partial charge in [-0.2, -0.15) is 5.26 Å². The Morgan fingerprint density at radius 2 is 1.88 bits per heavy atom. The number of nitrogens with one attached hydrogen (secondary N) is 1. The Balaban J connectivity index is 2.00. The molecule has 0 unspecified atom stereocenters. The Labute approximate surface area is 94.4 Å². The van der Waals surface area contributed by atoms with Crippen LogP contribution in [0.1, 0.15) is 28.8 Å². The molecule has 2 rings (SSSR count). The molecule has 16 heavy (non-hydrogen) atoms. The molecule has 3 heteroatoms. The summed E-state index contributed by atoms with van der Waals surface area (Å²) in [5.74, 6) is -0.0711. The minimum absolute atomic E-state index is 0.0711. The van der Waals surface area contributed by atoms with Gasteiger partial charge < -0.3 is 5.32 Å². The number of rotatable bonds is 2. The third kappa shape index (κ3) is 2.29. The van der Waals surface area contributed by atoms with Gasteiger partial charge in [0.05, 0.1) is 11.6 Å². The Morgan fingerprint density at radius 1 is 1.25 bits per heavy atom. The number of nitrogens with zero attached hydrogens (tertiary/aromatic N) is 1. The molecule has 1 amide bonds. The van der Waals surface area contributed by atoms with Crippen LogP contribution in [0.3, 0.4) is 0 Å². The average molecular weight is 212 g/mol. The summed E-state index contributed by atoms with van der Waals surface area (Å²) in [6.07, 6.45) is 5.96. The summed E-state index contributed by atoms with van der Waals surface area (Å²) in [6, 6.07) is 8.91. The molecule has 1 aliphatic rings. The third-order valence-corrected chi connectivity index (χ3v) is 2.62. The summed E-state index contributed by atoms with van der Waals surface area (Å²) >= 11 is 0. The van der Waals surface area contributed by atoms with Crippen molar-refractivity contribution < 1.29 is 4.79 Å². The Morgan fingerprint density at radius 3 is 2.44 bits per heavy atom. The third-order valence-electron chi connectivity index (χ3n) is 2.62. The van der Waals surface area contributed by atoms with Gasteiger partial charge in [0.1, 0.15) is 0 Å². The molecular weight excluding hydrogens is 200 g/mol. The molecule has 3 nitrogen and oxygen atoms in total. The molecule has 1 N–H and O–H groups in total. The Hall–Kier alpha value is -2.08. The van der Waals surface area contributed by atoms with Gasteiger partial charge in [0.2, 0.25) is 0 Å². The second-order valence-electron chi connectivity index (χ2n) is 3.80. The van der Waals surface area contributed by atoms with E-state index in [9.17, 15) is 4.79 Å². The fraction of sp³-hybridized carbons (Fsp3) is 0.231. The van der Waals surface area contributed by atoms with Crippen molar-refractivity contribution in [2.75, 3.05) is 0 Å². The fourth-order valence-corrected chi connectivity index (χ4v) is 1.70. The molecule has 0 heterocycles. The smallest absolute Gasteiger partial charge is 0.251 e. The lowest BCUT2D eigenvalue weighted by Crippen LogP contribution is -2.32. The molecule has 0 aromatic heterocycles. The zero-order valence-corrected chi connectivity index (χ0v) is 8.81. The molecule has 0 spiro atoms. The SMILES string of the molecule is N#Cc1ccc(C(=O)NC2CC=CC2)cc1. The van der Waals surface area contributed by atoms with Crippen molar-refractivity contribution in [1.82, 2.24) is 5.32 Å². The van der Waals surface area contributed by atoms with E-state index in [-0.39, 0.29) is 11.9 Å². The van der Waals surface area contributed by atoms with E-state index < -0.39 is 0 Å². The molecule has 1 aromatic carbocycles. The Kier molecular flexibility index (Phi) is 3.02. The average Bonchev–Trinajstić information content (AvgIpc) is 2.82. The van der Waals surface area contributed by atoms with Crippen molar-refractivity contribution in [3.63, 3.8) is 0 Å². The molecule has 0 aliphatic heterocycles. The molecule has 0 radical (unpaired) electrons. The van der Waals surface area contributed by atoms with Crippen LogP contribution in [-0.4, -0.2) is 11.9 Å². The minimum atomic E-state index is -0.0711. The van der Waals surface area contributed by atoms with E-state index in [1.165, 1.54) is 0 Å². The van der Waals surface area contributed by atoms with Gasteiger partial charge in [-0.1, -0.05) is 12.2 Å². The molecule has 80 valence electrons. The molecule has 1 aliphatic carbocycles. The van der Waals surface area contributed by atoms with Crippen LogP contribution in [0.4, 0.5) is 0 Å². The summed E-state index contributed by atoms with van der Waals surface area (Å²) in [4.78, 5) is 11.8. The van der Waals surface area contributed by atoms with Crippen molar-refractivity contribution >= 4 is 5.91 Å². The van der Waals surface area contributed by atoms with Crippen molar-refractivity contribution in [3.8, 4) is 6.07 Å². The first-order valence-electron chi connectivity index (χ1n) is 5.25. The lowest BCUT2D eigenvalue weighted by molar-refractivity contribution is 0.0939. The standard InChI is InChI=1S/C13H12N2O/c14-9-10-5-7-11(8-6-10)13(16)15-12-3-1-2-4-12/h1-2,5-8,12H,3-4H2,(H,15,16). The highest BCUT2D eigenvalue weighted by molar-refractivity contribution is 5.94. The van der Waals surface area contributed by atoms with Crippen LogP contribution in [-0.2, 0) is 0 Å².